The van der Waals surface area contributed by atoms with Gasteiger partial charge in [0.15, 0.2) is 5.78 Å². The maximum absolute atomic E-state index is 13.3. The predicted molar refractivity (Wildman–Crippen MR) is 82.8 cm³/mol. The van der Waals surface area contributed by atoms with Crippen molar-refractivity contribution in [2.45, 2.75) is 56.8 Å². The zero-order valence-electron chi connectivity index (χ0n) is 14.0. The molecular weight excluding hydrogens is 308 g/mol. The molecule has 3 saturated carbocycles. The summed E-state index contributed by atoms with van der Waals surface area (Å²) < 4.78 is 12.1. The van der Waals surface area contributed by atoms with E-state index in [-0.39, 0.29) is 59.7 Å². The number of Topliss-reactive ketones (excluding diaryl/α,β-unsaturated/α-hetero) is 2. The molecule has 5 heteroatoms. The summed E-state index contributed by atoms with van der Waals surface area (Å²) in [4.78, 5) is 38.5. The third-order valence-electron chi connectivity index (χ3n) is 7.35. The molecule has 5 nitrogen and oxygen atoms in total. The van der Waals surface area contributed by atoms with Crippen LogP contribution >= 0.6 is 0 Å². The van der Waals surface area contributed by atoms with Crippen molar-refractivity contribution < 1.29 is 23.9 Å². The Morgan fingerprint density at radius 1 is 1.29 bits per heavy atom. The lowest BCUT2D eigenvalue weighted by Crippen LogP contribution is -2.56. The maximum atomic E-state index is 13.3. The minimum Gasteiger partial charge on any atom is -0.462 e. The Morgan fingerprint density at radius 2 is 2.04 bits per heavy atom. The second kappa shape index (κ2) is 4.18. The monoisotopic (exact) mass is 330 g/mol. The van der Waals surface area contributed by atoms with Crippen molar-refractivity contribution in [1.29, 1.82) is 0 Å². The van der Waals surface area contributed by atoms with Gasteiger partial charge in [-0.1, -0.05) is 12.2 Å². The van der Waals surface area contributed by atoms with Gasteiger partial charge in [-0.3, -0.25) is 14.4 Å². The molecule has 5 rings (SSSR count). The molecule has 2 aliphatic heterocycles. The Morgan fingerprint density at radius 3 is 2.75 bits per heavy atom. The molecule has 2 saturated heterocycles. The van der Waals surface area contributed by atoms with Crippen molar-refractivity contribution in [3.63, 3.8) is 0 Å². The van der Waals surface area contributed by atoms with E-state index >= 15 is 0 Å². The van der Waals surface area contributed by atoms with Crippen LogP contribution in [0.25, 0.3) is 0 Å². The van der Waals surface area contributed by atoms with E-state index in [1.807, 2.05) is 13.8 Å². The first-order valence-corrected chi connectivity index (χ1v) is 8.89. The molecule has 2 bridgehead atoms. The van der Waals surface area contributed by atoms with Gasteiger partial charge in [-0.2, -0.15) is 0 Å². The highest BCUT2D eigenvalue weighted by Crippen LogP contribution is 2.68. The summed E-state index contributed by atoms with van der Waals surface area (Å²) in [6.07, 6.45) is 1.47. The summed E-state index contributed by atoms with van der Waals surface area (Å²) in [5.74, 6) is -1.04. The number of hydrogen-bond acceptors (Lipinski definition) is 5. The summed E-state index contributed by atoms with van der Waals surface area (Å²) in [6.45, 7) is 7.90. The van der Waals surface area contributed by atoms with Crippen LogP contribution in [-0.4, -0.2) is 34.8 Å². The van der Waals surface area contributed by atoms with E-state index in [9.17, 15) is 14.4 Å². The zero-order valence-corrected chi connectivity index (χ0v) is 14.0. The fourth-order valence-corrected chi connectivity index (χ4v) is 6.49. The third kappa shape index (κ3) is 1.48. The lowest BCUT2D eigenvalue weighted by molar-refractivity contribution is -0.166. The summed E-state index contributed by atoms with van der Waals surface area (Å²) in [7, 11) is 0. The lowest BCUT2D eigenvalue weighted by atomic mass is 9.59. The normalized spacial score (nSPS) is 54.5. The molecule has 0 aromatic carbocycles. The summed E-state index contributed by atoms with van der Waals surface area (Å²) in [5.41, 5.74) is -0.771. The van der Waals surface area contributed by atoms with E-state index in [1.54, 1.807) is 0 Å². The van der Waals surface area contributed by atoms with Gasteiger partial charge in [-0.05, 0) is 26.2 Å². The number of ketones is 2. The molecule has 8 atom stereocenters. The SMILES string of the molecule is C=C(C)[C@@H]1CC(=O)C[C@]23O[C@]4(C)C[C@H]5OC(=O)[C@H]([C@H]5[C@H]4C2=O)[C@H]3C1. The van der Waals surface area contributed by atoms with E-state index in [0.717, 1.165) is 5.57 Å². The van der Waals surface area contributed by atoms with Gasteiger partial charge in [0.1, 0.15) is 17.5 Å². The highest BCUT2D eigenvalue weighted by atomic mass is 16.6. The Labute approximate surface area is 140 Å². The Bertz CT molecular complexity index is 711. The van der Waals surface area contributed by atoms with Gasteiger partial charge in [-0.15, -0.1) is 0 Å². The fourth-order valence-electron chi connectivity index (χ4n) is 6.49. The Kier molecular flexibility index (Phi) is 2.58. The third-order valence-corrected chi connectivity index (χ3v) is 7.35. The van der Waals surface area contributed by atoms with Crippen LogP contribution in [0, 0.1) is 29.6 Å². The van der Waals surface area contributed by atoms with Crippen LogP contribution in [0.3, 0.4) is 0 Å². The minimum absolute atomic E-state index is 0.00797. The Balaban J connectivity index is 1.69. The molecule has 0 aromatic heterocycles. The quantitative estimate of drug-likeness (QED) is 0.542. The van der Waals surface area contributed by atoms with Crippen LogP contribution in [-0.2, 0) is 23.9 Å². The molecule has 1 spiro atoms. The summed E-state index contributed by atoms with van der Waals surface area (Å²) in [6, 6.07) is 0. The smallest absolute Gasteiger partial charge is 0.310 e. The number of ether oxygens (including phenoxy) is 2. The first-order valence-electron chi connectivity index (χ1n) is 8.89. The number of carbonyl (C=O) groups excluding carboxylic acids is 3. The van der Waals surface area contributed by atoms with Crippen LogP contribution in [0.1, 0.15) is 39.5 Å². The molecule has 0 radical (unpaired) electrons. The topological polar surface area (TPSA) is 69.7 Å². The van der Waals surface area contributed by atoms with Crippen LogP contribution in [0.15, 0.2) is 12.2 Å². The highest BCUT2D eigenvalue weighted by Gasteiger charge is 2.79. The maximum Gasteiger partial charge on any atom is 0.310 e. The van der Waals surface area contributed by atoms with Crippen LogP contribution in [0.5, 0.6) is 0 Å². The van der Waals surface area contributed by atoms with Crippen molar-refractivity contribution in [3.8, 4) is 0 Å². The van der Waals surface area contributed by atoms with Crippen molar-refractivity contribution in [2.75, 3.05) is 0 Å². The molecule has 0 unspecified atom stereocenters. The standard InChI is InChI=1S/C19H22O5/c1-8(2)9-4-10(20)6-19-11(5-9)13-14-12(23-17(13)22)7-18(3,24-19)15(14)16(19)21/h9,11-15H,1,4-7H2,2-3H3/t9-,11-,12-,13+,14+,15+,18-,19-/m1/s1. The van der Waals surface area contributed by atoms with Crippen molar-refractivity contribution in [2.24, 2.45) is 29.6 Å². The summed E-state index contributed by atoms with van der Waals surface area (Å²) >= 11 is 0. The van der Waals surface area contributed by atoms with E-state index in [4.69, 9.17) is 9.47 Å². The number of fused-ring (bicyclic) bond motifs is 1. The van der Waals surface area contributed by atoms with Gasteiger partial charge in [-0.25, -0.2) is 0 Å². The predicted octanol–water partition coefficient (Wildman–Crippen LogP) is 1.84. The van der Waals surface area contributed by atoms with E-state index < -0.39 is 11.2 Å². The molecule has 24 heavy (non-hydrogen) atoms. The van der Waals surface area contributed by atoms with E-state index in [2.05, 4.69) is 6.58 Å². The second-order valence-electron chi connectivity index (χ2n) is 8.73. The van der Waals surface area contributed by atoms with Gasteiger partial charge in [0.2, 0.25) is 0 Å². The number of carbonyl (C=O) groups is 3. The molecular formula is C19H22O5. The number of allylic oxidation sites excluding steroid dienone is 1. The first kappa shape index (κ1) is 14.8. The van der Waals surface area contributed by atoms with Gasteiger partial charge < -0.3 is 9.47 Å². The molecule has 0 N–H and O–H groups in total. The molecule has 2 heterocycles. The average Bonchev–Trinajstić information content (AvgIpc) is 2.90. The van der Waals surface area contributed by atoms with Crippen molar-refractivity contribution >= 4 is 17.5 Å². The van der Waals surface area contributed by atoms with E-state index in [1.165, 1.54) is 0 Å². The van der Waals surface area contributed by atoms with E-state index in [0.29, 0.717) is 19.3 Å². The summed E-state index contributed by atoms with van der Waals surface area (Å²) in [5, 5.41) is 0. The van der Waals surface area contributed by atoms with Gasteiger partial charge in [0.05, 0.1) is 17.4 Å². The second-order valence-corrected chi connectivity index (χ2v) is 8.73. The Hall–Kier alpha value is -1.49. The molecule has 3 aliphatic carbocycles. The van der Waals surface area contributed by atoms with Crippen LogP contribution in [0.4, 0.5) is 0 Å². The van der Waals surface area contributed by atoms with Crippen molar-refractivity contribution in [3.05, 3.63) is 12.2 Å². The van der Waals surface area contributed by atoms with Gasteiger partial charge in [0, 0.05) is 31.1 Å². The van der Waals surface area contributed by atoms with Crippen LogP contribution in [0.2, 0.25) is 0 Å². The average molecular weight is 330 g/mol. The number of esters is 1. The van der Waals surface area contributed by atoms with Gasteiger partial charge in [0.25, 0.3) is 0 Å². The number of hydrogen-bond donors (Lipinski definition) is 0. The molecule has 0 amide bonds. The fraction of sp³-hybridized carbons (Fsp3) is 0.737. The molecule has 5 aliphatic rings. The van der Waals surface area contributed by atoms with Crippen LogP contribution < -0.4 is 0 Å². The van der Waals surface area contributed by atoms with Crippen molar-refractivity contribution in [1.82, 2.24) is 0 Å². The minimum atomic E-state index is -1.11. The molecule has 5 fully saturated rings. The lowest BCUT2D eigenvalue weighted by Gasteiger charge is -2.42. The van der Waals surface area contributed by atoms with Gasteiger partial charge >= 0.3 is 5.97 Å². The first-order chi connectivity index (χ1) is 11.3. The largest absolute Gasteiger partial charge is 0.462 e. The zero-order chi connectivity index (χ0) is 17.0. The molecule has 128 valence electrons. The molecule has 0 aromatic rings. The highest BCUT2D eigenvalue weighted by molar-refractivity contribution is 6.01. The number of rotatable bonds is 1.